The van der Waals surface area contributed by atoms with Crippen molar-refractivity contribution < 1.29 is 9.53 Å². The van der Waals surface area contributed by atoms with Crippen molar-refractivity contribution in [3.63, 3.8) is 0 Å². The fourth-order valence-corrected chi connectivity index (χ4v) is 2.55. The molecule has 0 aliphatic heterocycles. The Labute approximate surface area is 164 Å². The highest BCUT2D eigenvalue weighted by atomic mass is 16.5. The number of carbonyl (C=O) groups is 1. The molecule has 0 saturated carbocycles. The number of nitrogens with zero attached hydrogens (tertiary/aromatic N) is 3. The predicted molar refractivity (Wildman–Crippen MR) is 109 cm³/mol. The Morgan fingerprint density at radius 1 is 1.04 bits per heavy atom. The molecule has 0 fully saturated rings. The van der Waals surface area contributed by atoms with E-state index in [0.29, 0.717) is 31.1 Å². The van der Waals surface area contributed by atoms with Crippen LogP contribution in [0.1, 0.15) is 30.1 Å². The van der Waals surface area contributed by atoms with Crippen molar-refractivity contribution in [1.29, 1.82) is 0 Å². The minimum Gasteiger partial charge on any atom is -0.494 e. The van der Waals surface area contributed by atoms with Crippen LogP contribution in [0, 0.1) is 0 Å². The van der Waals surface area contributed by atoms with Gasteiger partial charge in [0.15, 0.2) is 5.82 Å². The topological polar surface area (TPSA) is 81.1 Å². The fraction of sp³-hybridized carbons (Fsp3) is 0.286. The van der Waals surface area contributed by atoms with Gasteiger partial charge in [-0.15, -0.1) is 10.2 Å². The van der Waals surface area contributed by atoms with Gasteiger partial charge in [0.1, 0.15) is 11.6 Å². The molecule has 0 saturated heterocycles. The van der Waals surface area contributed by atoms with E-state index in [1.165, 1.54) is 0 Å². The van der Waals surface area contributed by atoms with Crippen LogP contribution in [0.3, 0.4) is 0 Å². The van der Waals surface area contributed by atoms with Crippen LogP contribution in [0.15, 0.2) is 60.9 Å². The van der Waals surface area contributed by atoms with Crippen LogP contribution in [0.5, 0.6) is 5.75 Å². The van der Waals surface area contributed by atoms with E-state index in [4.69, 9.17) is 4.74 Å². The second-order valence-corrected chi connectivity index (χ2v) is 6.28. The first-order valence-corrected chi connectivity index (χ1v) is 9.48. The number of hydrogen-bond donors (Lipinski definition) is 2. The molecule has 2 heterocycles. The van der Waals surface area contributed by atoms with Crippen molar-refractivity contribution >= 4 is 11.7 Å². The molecule has 7 heteroatoms. The summed E-state index contributed by atoms with van der Waals surface area (Å²) in [5.41, 5.74) is 0.610. The minimum absolute atomic E-state index is 0.115. The third kappa shape index (κ3) is 5.57. The highest BCUT2D eigenvalue weighted by Crippen LogP contribution is 2.12. The number of hydrogen-bond acceptors (Lipinski definition) is 5. The lowest BCUT2D eigenvalue weighted by Gasteiger charge is -2.09. The Morgan fingerprint density at radius 2 is 1.82 bits per heavy atom. The summed E-state index contributed by atoms with van der Waals surface area (Å²) in [5, 5.41) is 14.3. The average molecular weight is 379 g/mol. The molecule has 0 atom stereocenters. The van der Waals surface area contributed by atoms with Crippen LogP contribution in [0.25, 0.3) is 5.82 Å². The molecule has 1 amide bonds. The molecular weight excluding hydrogens is 354 g/mol. The van der Waals surface area contributed by atoms with Crippen molar-refractivity contribution in [2.45, 2.75) is 19.8 Å². The molecule has 0 aliphatic carbocycles. The van der Waals surface area contributed by atoms with Gasteiger partial charge < -0.3 is 19.9 Å². The SMILES string of the molecule is CCCCOc1ccc(C(=O)NCCNc2ccc(-n3cccc3)nn2)cc1. The Morgan fingerprint density at radius 3 is 2.50 bits per heavy atom. The highest BCUT2D eigenvalue weighted by Gasteiger charge is 2.05. The molecule has 0 unspecified atom stereocenters. The Bertz CT molecular complexity index is 846. The molecule has 7 nitrogen and oxygen atoms in total. The maximum absolute atomic E-state index is 12.2. The molecule has 0 aliphatic rings. The Hall–Kier alpha value is -3.35. The second-order valence-electron chi connectivity index (χ2n) is 6.28. The van der Waals surface area contributed by atoms with Crippen molar-refractivity contribution in [2.75, 3.05) is 25.0 Å². The average Bonchev–Trinajstić information content (AvgIpc) is 3.27. The molecule has 2 N–H and O–H groups in total. The molecule has 146 valence electrons. The summed E-state index contributed by atoms with van der Waals surface area (Å²) in [6.45, 7) is 3.86. The fourth-order valence-electron chi connectivity index (χ4n) is 2.55. The number of rotatable bonds is 10. The maximum Gasteiger partial charge on any atom is 0.251 e. The summed E-state index contributed by atoms with van der Waals surface area (Å²) in [4.78, 5) is 12.2. The normalized spacial score (nSPS) is 10.5. The lowest BCUT2D eigenvalue weighted by Crippen LogP contribution is -2.28. The van der Waals surface area contributed by atoms with E-state index in [0.717, 1.165) is 24.4 Å². The first-order chi connectivity index (χ1) is 13.8. The zero-order chi connectivity index (χ0) is 19.6. The van der Waals surface area contributed by atoms with Crippen molar-refractivity contribution in [3.8, 4) is 11.6 Å². The molecule has 1 aromatic carbocycles. The van der Waals surface area contributed by atoms with Gasteiger partial charge in [0.25, 0.3) is 5.91 Å². The van der Waals surface area contributed by atoms with Gasteiger partial charge in [-0.2, -0.15) is 0 Å². The van der Waals surface area contributed by atoms with Gasteiger partial charge in [-0.1, -0.05) is 13.3 Å². The van der Waals surface area contributed by atoms with E-state index < -0.39 is 0 Å². The van der Waals surface area contributed by atoms with Crippen LogP contribution >= 0.6 is 0 Å². The van der Waals surface area contributed by atoms with Crippen LogP contribution in [0.4, 0.5) is 5.82 Å². The first-order valence-electron chi connectivity index (χ1n) is 9.48. The van der Waals surface area contributed by atoms with Crippen molar-refractivity contribution in [3.05, 3.63) is 66.5 Å². The van der Waals surface area contributed by atoms with Gasteiger partial charge in [-0.25, -0.2) is 0 Å². The first kappa shape index (κ1) is 19.4. The zero-order valence-electron chi connectivity index (χ0n) is 16.0. The summed E-state index contributed by atoms with van der Waals surface area (Å²) in [6, 6.07) is 14.8. The maximum atomic E-state index is 12.2. The van der Waals surface area contributed by atoms with E-state index in [9.17, 15) is 4.79 Å². The smallest absolute Gasteiger partial charge is 0.251 e. The van der Waals surface area contributed by atoms with Crippen LogP contribution in [-0.4, -0.2) is 40.4 Å². The van der Waals surface area contributed by atoms with Gasteiger partial charge >= 0.3 is 0 Å². The van der Waals surface area contributed by atoms with Crippen molar-refractivity contribution in [1.82, 2.24) is 20.1 Å². The third-order valence-corrected chi connectivity index (χ3v) is 4.12. The summed E-state index contributed by atoms with van der Waals surface area (Å²) in [7, 11) is 0. The summed E-state index contributed by atoms with van der Waals surface area (Å²) < 4.78 is 7.49. The Kier molecular flexibility index (Phi) is 7.01. The van der Waals surface area contributed by atoms with Crippen LogP contribution < -0.4 is 15.4 Å². The molecule has 0 radical (unpaired) electrons. The van der Waals surface area contributed by atoms with Crippen LogP contribution in [-0.2, 0) is 0 Å². The standard InChI is InChI=1S/C21H25N5O2/c1-2-3-16-28-18-8-6-17(7-9-18)21(27)23-13-12-22-19-10-11-20(25-24-19)26-14-4-5-15-26/h4-11,14-15H,2-3,12-13,16H2,1H3,(H,22,24)(H,23,27). The van der Waals surface area contributed by atoms with Crippen molar-refractivity contribution in [2.24, 2.45) is 0 Å². The van der Waals surface area contributed by atoms with Gasteiger partial charge in [-0.05, 0) is 55.0 Å². The minimum atomic E-state index is -0.115. The van der Waals surface area contributed by atoms with E-state index >= 15 is 0 Å². The second kappa shape index (κ2) is 10.1. The number of amides is 1. The van der Waals surface area contributed by atoms with E-state index in [-0.39, 0.29) is 5.91 Å². The molecule has 3 aromatic rings. The highest BCUT2D eigenvalue weighted by molar-refractivity contribution is 5.94. The molecule has 2 aromatic heterocycles. The lowest BCUT2D eigenvalue weighted by atomic mass is 10.2. The zero-order valence-corrected chi connectivity index (χ0v) is 16.0. The lowest BCUT2D eigenvalue weighted by molar-refractivity contribution is 0.0955. The number of anilines is 1. The third-order valence-electron chi connectivity index (χ3n) is 4.12. The molecule has 28 heavy (non-hydrogen) atoms. The van der Waals surface area contributed by atoms with E-state index in [1.807, 2.05) is 53.4 Å². The monoisotopic (exact) mass is 379 g/mol. The quantitative estimate of drug-likeness (QED) is 0.528. The molecule has 3 rings (SSSR count). The Balaban J connectivity index is 1.39. The van der Waals surface area contributed by atoms with Crippen LogP contribution in [0.2, 0.25) is 0 Å². The van der Waals surface area contributed by atoms with E-state index in [1.54, 1.807) is 12.1 Å². The molecular formula is C21H25N5O2. The van der Waals surface area contributed by atoms with E-state index in [2.05, 4.69) is 27.8 Å². The summed E-state index contributed by atoms with van der Waals surface area (Å²) in [5.74, 6) is 2.09. The summed E-state index contributed by atoms with van der Waals surface area (Å²) in [6.07, 6.45) is 5.94. The largest absolute Gasteiger partial charge is 0.494 e. The number of benzene rings is 1. The number of nitrogens with one attached hydrogen (secondary N) is 2. The number of aromatic nitrogens is 3. The van der Waals surface area contributed by atoms with Gasteiger partial charge in [0.2, 0.25) is 0 Å². The van der Waals surface area contributed by atoms with Gasteiger partial charge in [-0.3, -0.25) is 4.79 Å². The summed E-state index contributed by atoms with van der Waals surface area (Å²) >= 11 is 0. The number of ether oxygens (including phenoxy) is 1. The van der Waals surface area contributed by atoms with Gasteiger partial charge in [0, 0.05) is 31.0 Å². The van der Waals surface area contributed by atoms with Gasteiger partial charge in [0.05, 0.1) is 6.61 Å². The number of carbonyl (C=O) groups excluding carboxylic acids is 1. The predicted octanol–water partition coefficient (Wildman–Crippen LogP) is 3.29. The number of unbranched alkanes of at least 4 members (excludes halogenated alkanes) is 1. The molecule has 0 bridgehead atoms. The molecule has 0 spiro atoms.